The van der Waals surface area contributed by atoms with Gasteiger partial charge in [0.1, 0.15) is 17.5 Å². The summed E-state index contributed by atoms with van der Waals surface area (Å²) in [6.45, 7) is 2.77. The van der Waals surface area contributed by atoms with E-state index < -0.39 is 0 Å². The van der Waals surface area contributed by atoms with E-state index in [1.807, 2.05) is 48.2 Å². The van der Waals surface area contributed by atoms with Crippen molar-refractivity contribution in [3.8, 4) is 11.4 Å². The van der Waals surface area contributed by atoms with Crippen LogP contribution in [0.5, 0.6) is 0 Å². The number of aromatic nitrogens is 3. The summed E-state index contributed by atoms with van der Waals surface area (Å²) in [5.41, 5.74) is 8.34. The Balaban J connectivity index is 1.91. The Morgan fingerprint density at radius 3 is 2.83 bits per heavy atom. The van der Waals surface area contributed by atoms with Gasteiger partial charge in [0.15, 0.2) is 5.82 Å². The molecule has 3 heterocycles. The zero-order valence-electron chi connectivity index (χ0n) is 13.5. The number of nitrogens with zero attached hydrogens (tertiary/aromatic N) is 3. The first-order valence-electron chi connectivity index (χ1n) is 8.12. The van der Waals surface area contributed by atoms with E-state index >= 15 is 0 Å². The second-order valence-corrected chi connectivity index (χ2v) is 6.21. The van der Waals surface area contributed by atoms with Crippen LogP contribution in [0.15, 0.2) is 36.4 Å². The van der Waals surface area contributed by atoms with E-state index in [2.05, 4.69) is 9.97 Å². The normalized spacial score (nSPS) is 17.5. The van der Waals surface area contributed by atoms with Crippen molar-refractivity contribution >= 4 is 22.8 Å². The molecule has 3 N–H and O–H groups in total. The Morgan fingerprint density at radius 2 is 2.08 bits per heavy atom. The summed E-state index contributed by atoms with van der Waals surface area (Å²) >= 11 is 0. The quantitative estimate of drug-likeness (QED) is 0.775. The molecule has 0 spiro atoms. The fourth-order valence-corrected chi connectivity index (χ4v) is 3.38. The van der Waals surface area contributed by atoms with Crippen LogP contribution >= 0.6 is 0 Å². The van der Waals surface area contributed by atoms with Crippen molar-refractivity contribution in [1.29, 1.82) is 0 Å². The molecule has 0 radical (unpaired) electrons. The minimum atomic E-state index is -0.304. The highest BCUT2D eigenvalue weighted by Crippen LogP contribution is 2.32. The molecule has 0 unspecified atom stereocenters. The van der Waals surface area contributed by atoms with Gasteiger partial charge in [-0.05, 0) is 25.8 Å². The minimum Gasteiger partial charge on any atom is -0.368 e. The summed E-state index contributed by atoms with van der Waals surface area (Å²) in [5.74, 6) is 1.13. The van der Waals surface area contributed by atoms with Gasteiger partial charge in [0.05, 0.1) is 5.39 Å². The number of amides is 1. The lowest BCUT2D eigenvalue weighted by Crippen LogP contribution is -2.40. The van der Waals surface area contributed by atoms with Crippen molar-refractivity contribution in [2.75, 3.05) is 11.4 Å². The number of anilines is 1. The van der Waals surface area contributed by atoms with Crippen LogP contribution in [-0.4, -0.2) is 33.4 Å². The van der Waals surface area contributed by atoms with Crippen molar-refractivity contribution in [2.45, 2.75) is 25.8 Å². The van der Waals surface area contributed by atoms with E-state index in [1.165, 1.54) is 0 Å². The van der Waals surface area contributed by atoms with E-state index in [9.17, 15) is 4.79 Å². The highest BCUT2D eigenvalue weighted by molar-refractivity contribution is 5.93. The number of primary amides is 1. The van der Waals surface area contributed by atoms with E-state index in [4.69, 9.17) is 10.7 Å². The van der Waals surface area contributed by atoms with Crippen molar-refractivity contribution in [1.82, 2.24) is 15.0 Å². The molecule has 1 aliphatic rings. The smallest absolute Gasteiger partial charge is 0.240 e. The van der Waals surface area contributed by atoms with E-state index in [-0.39, 0.29) is 11.9 Å². The predicted octanol–water partition coefficient (Wildman–Crippen LogP) is 2.39. The van der Waals surface area contributed by atoms with Crippen LogP contribution < -0.4 is 10.6 Å². The molecule has 0 saturated carbocycles. The number of carbonyl (C=O) groups excluding carboxylic acids is 1. The number of hydrogen-bond donors (Lipinski definition) is 2. The van der Waals surface area contributed by atoms with Gasteiger partial charge in [-0.2, -0.15) is 0 Å². The van der Waals surface area contributed by atoms with Crippen molar-refractivity contribution in [2.24, 2.45) is 5.73 Å². The molecule has 4 rings (SSSR count). The largest absolute Gasteiger partial charge is 0.368 e. The Kier molecular flexibility index (Phi) is 3.45. The molecule has 122 valence electrons. The molecule has 1 aromatic carbocycles. The molecule has 1 amide bonds. The second-order valence-electron chi connectivity index (χ2n) is 6.21. The van der Waals surface area contributed by atoms with Gasteiger partial charge in [-0.15, -0.1) is 0 Å². The number of hydrogen-bond acceptors (Lipinski definition) is 4. The van der Waals surface area contributed by atoms with E-state index in [1.54, 1.807) is 0 Å². The monoisotopic (exact) mass is 321 g/mol. The van der Waals surface area contributed by atoms with E-state index in [0.29, 0.717) is 5.82 Å². The third-order valence-corrected chi connectivity index (χ3v) is 4.49. The van der Waals surface area contributed by atoms with Gasteiger partial charge in [-0.1, -0.05) is 30.3 Å². The molecular formula is C18H19N5O. The maximum absolute atomic E-state index is 11.8. The highest BCUT2D eigenvalue weighted by atomic mass is 16.1. The van der Waals surface area contributed by atoms with Gasteiger partial charge < -0.3 is 15.6 Å². The average Bonchev–Trinajstić information content (AvgIpc) is 3.20. The summed E-state index contributed by atoms with van der Waals surface area (Å²) in [6, 6.07) is 11.6. The Morgan fingerprint density at radius 1 is 1.29 bits per heavy atom. The minimum absolute atomic E-state index is 0.298. The number of nitrogens with two attached hydrogens (primary N) is 1. The second kappa shape index (κ2) is 5.63. The van der Waals surface area contributed by atoms with Crippen molar-refractivity contribution in [3.05, 3.63) is 42.1 Å². The van der Waals surface area contributed by atoms with Gasteiger partial charge in [-0.25, -0.2) is 9.97 Å². The maximum Gasteiger partial charge on any atom is 0.240 e. The first kappa shape index (κ1) is 14.7. The average molecular weight is 321 g/mol. The molecule has 6 heteroatoms. The molecule has 6 nitrogen and oxygen atoms in total. The Hall–Kier alpha value is -2.89. The fourth-order valence-electron chi connectivity index (χ4n) is 3.38. The third kappa shape index (κ3) is 2.40. The molecule has 1 saturated heterocycles. The zero-order chi connectivity index (χ0) is 16.7. The lowest BCUT2D eigenvalue weighted by molar-refractivity contribution is -0.119. The van der Waals surface area contributed by atoms with Gasteiger partial charge in [-0.3, -0.25) is 4.79 Å². The number of rotatable bonds is 3. The van der Waals surface area contributed by atoms with Crippen LogP contribution in [0.1, 0.15) is 18.5 Å². The molecule has 3 aromatic rings. The topological polar surface area (TPSA) is 87.9 Å². The number of H-pyrrole nitrogens is 1. The zero-order valence-corrected chi connectivity index (χ0v) is 13.5. The molecule has 0 bridgehead atoms. The van der Waals surface area contributed by atoms with Crippen LogP contribution in [0.2, 0.25) is 0 Å². The number of fused-ring (bicyclic) bond motifs is 1. The first-order chi connectivity index (χ1) is 11.6. The Labute approximate surface area is 139 Å². The van der Waals surface area contributed by atoms with Crippen molar-refractivity contribution < 1.29 is 4.79 Å². The molecule has 0 aliphatic carbocycles. The number of benzene rings is 1. The summed E-state index contributed by atoms with van der Waals surface area (Å²) in [6.07, 6.45) is 1.70. The Bertz CT molecular complexity index is 902. The molecule has 1 atom stereocenters. The summed E-state index contributed by atoms with van der Waals surface area (Å²) in [5, 5.41) is 0.931. The van der Waals surface area contributed by atoms with Crippen LogP contribution in [0.3, 0.4) is 0 Å². The lowest BCUT2D eigenvalue weighted by atomic mass is 10.2. The van der Waals surface area contributed by atoms with Crippen LogP contribution in [0.25, 0.3) is 22.4 Å². The summed E-state index contributed by atoms with van der Waals surface area (Å²) in [4.78, 5) is 26.6. The van der Waals surface area contributed by atoms with Gasteiger partial charge in [0.2, 0.25) is 5.91 Å². The molecule has 1 aliphatic heterocycles. The SMILES string of the molecule is Cc1cc2c(N3CCC[C@H]3C(N)=O)nc(-c3ccccc3)nc2[nH]1. The number of carbonyl (C=O) groups is 1. The first-order valence-corrected chi connectivity index (χ1v) is 8.12. The number of nitrogens with one attached hydrogen (secondary N) is 1. The predicted molar refractivity (Wildman–Crippen MR) is 93.6 cm³/mol. The molecular weight excluding hydrogens is 302 g/mol. The van der Waals surface area contributed by atoms with Gasteiger partial charge in [0.25, 0.3) is 0 Å². The van der Waals surface area contributed by atoms with Gasteiger partial charge >= 0.3 is 0 Å². The van der Waals surface area contributed by atoms with Gasteiger partial charge in [0, 0.05) is 17.8 Å². The summed E-state index contributed by atoms with van der Waals surface area (Å²) in [7, 11) is 0. The van der Waals surface area contributed by atoms with Crippen molar-refractivity contribution in [3.63, 3.8) is 0 Å². The number of aryl methyl sites for hydroxylation is 1. The maximum atomic E-state index is 11.8. The van der Waals surface area contributed by atoms with E-state index in [0.717, 1.165) is 47.5 Å². The highest BCUT2D eigenvalue weighted by Gasteiger charge is 2.31. The molecule has 2 aromatic heterocycles. The van der Waals surface area contributed by atoms with Crippen LogP contribution in [0.4, 0.5) is 5.82 Å². The third-order valence-electron chi connectivity index (χ3n) is 4.49. The lowest BCUT2D eigenvalue weighted by Gasteiger charge is -2.24. The van der Waals surface area contributed by atoms with Crippen LogP contribution in [0, 0.1) is 6.92 Å². The molecule has 24 heavy (non-hydrogen) atoms. The fraction of sp³-hybridized carbons (Fsp3) is 0.278. The molecule has 1 fully saturated rings. The standard InChI is InChI=1S/C18H19N5O/c1-11-10-13-17(20-11)21-16(12-6-3-2-4-7-12)22-18(13)23-9-5-8-14(23)15(19)24/h2-4,6-7,10,14H,5,8-9H2,1H3,(H2,19,24)(H,20,21,22)/t14-/m0/s1. The number of aromatic amines is 1. The van der Waals surface area contributed by atoms with Crippen LogP contribution in [-0.2, 0) is 4.79 Å². The summed E-state index contributed by atoms with van der Waals surface area (Å²) < 4.78 is 0.